The van der Waals surface area contributed by atoms with Crippen molar-refractivity contribution in [2.75, 3.05) is 13.2 Å². The number of imidazole rings is 1. The normalized spacial score (nSPS) is 12.4. The predicted molar refractivity (Wildman–Crippen MR) is 65.6 cm³/mol. The van der Waals surface area contributed by atoms with Crippen molar-refractivity contribution in [2.45, 2.75) is 39.3 Å². The molecule has 17 heavy (non-hydrogen) atoms. The molecule has 0 amide bonds. The smallest absolute Gasteiger partial charge is 0.319 e. The van der Waals surface area contributed by atoms with Gasteiger partial charge >= 0.3 is 5.97 Å². The van der Waals surface area contributed by atoms with Gasteiger partial charge in [0.25, 0.3) is 0 Å². The summed E-state index contributed by atoms with van der Waals surface area (Å²) in [5, 5.41) is 3.12. The van der Waals surface area contributed by atoms with Crippen molar-refractivity contribution >= 4 is 5.97 Å². The maximum absolute atomic E-state index is 11.3. The van der Waals surface area contributed by atoms with E-state index in [9.17, 15) is 4.79 Å². The van der Waals surface area contributed by atoms with Gasteiger partial charge in [-0.15, -0.1) is 0 Å². The van der Waals surface area contributed by atoms with Gasteiger partial charge in [0.05, 0.1) is 19.5 Å². The van der Waals surface area contributed by atoms with E-state index >= 15 is 0 Å². The Morgan fingerprint density at radius 1 is 1.59 bits per heavy atom. The number of aromatic nitrogens is 2. The van der Waals surface area contributed by atoms with Crippen LogP contribution in [-0.4, -0.2) is 34.7 Å². The molecule has 0 spiro atoms. The zero-order valence-electron chi connectivity index (χ0n) is 10.6. The van der Waals surface area contributed by atoms with Crippen molar-refractivity contribution in [3.63, 3.8) is 0 Å². The lowest BCUT2D eigenvalue weighted by atomic mass is 10.3. The Hall–Kier alpha value is -1.36. The van der Waals surface area contributed by atoms with Crippen LogP contribution in [0.15, 0.2) is 18.7 Å². The lowest BCUT2D eigenvalue weighted by Crippen LogP contribution is -2.35. The average Bonchev–Trinajstić information content (AvgIpc) is 2.79. The number of nitrogens with zero attached hydrogens (tertiary/aromatic N) is 2. The van der Waals surface area contributed by atoms with Crippen LogP contribution in [0.3, 0.4) is 0 Å². The highest BCUT2D eigenvalue weighted by atomic mass is 16.5. The van der Waals surface area contributed by atoms with Gasteiger partial charge in [-0.1, -0.05) is 13.3 Å². The minimum absolute atomic E-state index is 0.184. The first-order valence-electron chi connectivity index (χ1n) is 6.07. The van der Waals surface area contributed by atoms with Gasteiger partial charge in [0.2, 0.25) is 0 Å². The third-order valence-corrected chi connectivity index (χ3v) is 2.40. The van der Waals surface area contributed by atoms with E-state index in [-0.39, 0.29) is 18.6 Å². The molecule has 0 aliphatic heterocycles. The van der Waals surface area contributed by atoms with Crippen LogP contribution < -0.4 is 5.32 Å². The molecule has 0 saturated heterocycles. The molecule has 1 heterocycles. The van der Waals surface area contributed by atoms with Crippen LogP contribution in [0, 0.1) is 0 Å². The van der Waals surface area contributed by atoms with Crippen molar-refractivity contribution in [3.8, 4) is 0 Å². The first-order chi connectivity index (χ1) is 8.22. The summed E-state index contributed by atoms with van der Waals surface area (Å²) in [5.74, 6) is -0.184. The molecule has 1 aromatic heterocycles. The topological polar surface area (TPSA) is 56.1 Å². The largest absolute Gasteiger partial charge is 0.465 e. The zero-order chi connectivity index (χ0) is 12.5. The summed E-state index contributed by atoms with van der Waals surface area (Å²) in [6.07, 6.45) is 7.37. The number of unbranched alkanes of at least 4 members (excludes halogenated alkanes) is 1. The van der Waals surface area contributed by atoms with E-state index in [1.807, 2.05) is 17.7 Å². The molecule has 5 nitrogen and oxygen atoms in total. The lowest BCUT2D eigenvalue weighted by molar-refractivity contribution is -0.142. The van der Waals surface area contributed by atoms with Crippen molar-refractivity contribution in [3.05, 3.63) is 18.7 Å². The van der Waals surface area contributed by atoms with E-state index in [0.29, 0.717) is 6.61 Å². The molecule has 0 aliphatic rings. The van der Waals surface area contributed by atoms with Crippen LogP contribution in [0.2, 0.25) is 0 Å². The fourth-order valence-corrected chi connectivity index (χ4v) is 1.41. The second-order valence-electron chi connectivity index (χ2n) is 4.12. The van der Waals surface area contributed by atoms with E-state index in [4.69, 9.17) is 4.74 Å². The van der Waals surface area contributed by atoms with E-state index in [0.717, 1.165) is 19.4 Å². The standard InChI is InChI=1S/C12H21N3O2/c1-3-4-7-17-12(16)8-14-11(2)9-15-6-5-13-10-15/h5-6,10-11,14H,3-4,7-9H2,1-2H3. The van der Waals surface area contributed by atoms with Crippen LogP contribution in [0.5, 0.6) is 0 Å². The molecule has 0 aliphatic carbocycles. The maximum Gasteiger partial charge on any atom is 0.319 e. The van der Waals surface area contributed by atoms with Crippen molar-refractivity contribution in [1.29, 1.82) is 0 Å². The van der Waals surface area contributed by atoms with Gasteiger partial charge in [-0.25, -0.2) is 4.98 Å². The monoisotopic (exact) mass is 239 g/mol. The molecule has 1 N–H and O–H groups in total. The van der Waals surface area contributed by atoms with Crippen molar-refractivity contribution in [1.82, 2.24) is 14.9 Å². The summed E-state index contributed by atoms with van der Waals surface area (Å²) in [6.45, 7) is 5.67. The molecule has 0 saturated carbocycles. The Morgan fingerprint density at radius 2 is 2.41 bits per heavy atom. The Bertz CT molecular complexity index is 312. The molecular weight excluding hydrogens is 218 g/mol. The van der Waals surface area contributed by atoms with Gasteiger partial charge in [0.1, 0.15) is 0 Å². The number of esters is 1. The van der Waals surface area contributed by atoms with Crippen LogP contribution in [-0.2, 0) is 16.1 Å². The van der Waals surface area contributed by atoms with Gasteiger partial charge in [0.15, 0.2) is 0 Å². The Morgan fingerprint density at radius 3 is 3.06 bits per heavy atom. The summed E-state index contributed by atoms with van der Waals surface area (Å²) >= 11 is 0. The first-order valence-corrected chi connectivity index (χ1v) is 6.07. The first kappa shape index (κ1) is 13.7. The third-order valence-electron chi connectivity index (χ3n) is 2.40. The maximum atomic E-state index is 11.3. The van der Waals surface area contributed by atoms with E-state index in [1.165, 1.54) is 0 Å². The zero-order valence-corrected chi connectivity index (χ0v) is 10.6. The molecule has 0 bridgehead atoms. The fraction of sp³-hybridized carbons (Fsp3) is 0.667. The molecule has 5 heteroatoms. The van der Waals surface area contributed by atoms with Gasteiger partial charge in [-0.05, 0) is 13.3 Å². The SMILES string of the molecule is CCCCOC(=O)CNC(C)Cn1ccnc1. The number of carbonyl (C=O) groups excluding carboxylic acids is 1. The van der Waals surface area contributed by atoms with Gasteiger partial charge in [-0.3, -0.25) is 4.79 Å². The second kappa shape index (κ2) is 7.84. The van der Waals surface area contributed by atoms with Crippen LogP contribution in [0.4, 0.5) is 0 Å². The van der Waals surface area contributed by atoms with Crippen LogP contribution in [0.1, 0.15) is 26.7 Å². The highest BCUT2D eigenvalue weighted by Crippen LogP contribution is 1.92. The summed E-state index contributed by atoms with van der Waals surface area (Å²) in [5.41, 5.74) is 0. The van der Waals surface area contributed by atoms with Gasteiger partial charge < -0.3 is 14.6 Å². The number of hydrogen-bond donors (Lipinski definition) is 1. The van der Waals surface area contributed by atoms with Crippen molar-refractivity contribution < 1.29 is 9.53 Å². The second-order valence-corrected chi connectivity index (χ2v) is 4.12. The number of ether oxygens (including phenoxy) is 1. The fourth-order valence-electron chi connectivity index (χ4n) is 1.41. The molecule has 0 fully saturated rings. The number of nitrogens with one attached hydrogen (secondary N) is 1. The molecule has 0 aromatic carbocycles. The minimum Gasteiger partial charge on any atom is -0.465 e. The van der Waals surface area contributed by atoms with E-state index in [1.54, 1.807) is 12.5 Å². The third kappa shape index (κ3) is 6.06. The highest BCUT2D eigenvalue weighted by molar-refractivity contribution is 5.71. The van der Waals surface area contributed by atoms with Gasteiger partial charge in [-0.2, -0.15) is 0 Å². The number of hydrogen-bond acceptors (Lipinski definition) is 4. The molecule has 0 radical (unpaired) electrons. The summed E-state index contributed by atoms with van der Waals surface area (Å²) in [4.78, 5) is 15.3. The lowest BCUT2D eigenvalue weighted by Gasteiger charge is -2.13. The number of rotatable bonds is 8. The van der Waals surface area contributed by atoms with Gasteiger partial charge in [0, 0.05) is 25.0 Å². The molecular formula is C12H21N3O2. The molecule has 1 rings (SSSR count). The van der Waals surface area contributed by atoms with Crippen LogP contribution in [0.25, 0.3) is 0 Å². The van der Waals surface area contributed by atoms with E-state index in [2.05, 4.69) is 17.2 Å². The highest BCUT2D eigenvalue weighted by Gasteiger charge is 2.06. The number of carbonyl (C=O) groups is 1. The average molecular weight is 239 g/mol. The molecule has 96 valence electrons. The summed E-state index contributed by atoms with van der Waals surface area (Å²) in [6, 6.07) is 0.211. The summed E-state index contributed by atoms with van der Waals surface area (Å²) in [7, 11) is 0. The molecule has 1 aromatic rings. The quantitative estimate of drug-likeness (QED) is 0.547. The Labute approximate surface area is 102 Å². The Balaban J connectivity index is 2.10. The molecule has 1 atom stereocenters. The molecule has 1 unspecified atom stereocenters. The Kier molecular flexibility index (Phi) is 6.32. The predicted octanol–water partition coefficient (Wildman–Crippen LogP) is 1.20. The van der Waals surface area contributed by atoms with E-state index < -0.39 is 0 Å². The van der Waals surface area contributed by atoms with Crippen molar-refractivity contribution in [2.24, 2.45) is 0 Å². The minimum atomic E-state index is -0.184. The summed E-state index contributed by atoms with van der Waals surface area (Å²) < 4.78 is 7.02. The van der Waals surface area contributed by atoms with Crippen LogP contribution >= 0.6 is 0 Å².